The topological polar surface area (TPSA) is 245 Å². The first-order chi connectivity index (χ1) is 8.34. The molecule has 0 aliphatic heterocycles. The Labute approximate surface area is 123 Å². The van der Waals surface area contributed by atoms with Crippen LogP contribution < -0.4 is 18.0 Å². The molecule has 0 fully saturated rings. The lowest BCUT2D eigenvalue weighted by Gasteiger charge is -1.59. The molecule has 0 radical (unpaired) electrons. The molecule has 0 amide bonds. The third kappa shape index (κ3) is 879. The lowest BCUT2D eigenvalue weighted by atomic mass is 10.8. The molecule has 0 atom stereocenters. The van der Waals surface area contributed by atoms with Gasteiger partial charge in [0.2, 0.25) is 0 Å². The van der Waals surface area contributed by atoms with Crippen molar-refractivity contribution in [3.63, 3.8) is 0 Å². The van der Waals surface area contributed by atoms with E-state index in [0.29, 0.717) is 0 Å². The summed E-state index contributed by atoms with van der Waals surface area (Å²) in [5, 5.41) is 29.7. The van der Waals surface area contributed by atoms with Crippen molar-refractivity contribution in [2.45, 2.75) is 34.6 Å². The summed E-state index contributed by atoms with van der Waals surface area (Å²) >= 11 is 0. The molecule has 21 heavy (non-hydrogen) atoms. The van der Waals surface area contributed by atoms with Gasteiger partial charge in [-0.3, -0.25) is 19.2 Å². The van der Waals surface area contributed by atoms with Crippen molar-refractivity contribution < 1.29 is 39.6 Å². The van der Waals surface area contributed by atoms with Crippen LogP contribution in [0.25, 0.3) is 0 Å². The summed E-state index contributed by atoms with van der Waals surface area (Å²) in [5.74, 6) is -3.33. The van der Waals surface area contributed by atoms with Gasteiger partial charge in [-0.15, -0.1) is 0 Å². The summed E-state index contributed by atoms with van der Waals surface area (Å²) in [7, 11) is 0. The lowest BCUT2D eigenvalue weighted by Crippen LogP contribution is -1.87. The number of aliphatic carboxylic acids is 4. The standard InChI is InChI=1S/C2H7N.4C2H4O2.2H3N/c1-2-3;4*1-2(3)4;;/h2-3H2,1H3;4*1H3,(H,3,4);2*1H3. The van der Waals surface area contributed by atoms with Crippen molar-refractivity contribution >= 4 is 23.9 Å². The van der Waals surface area contributed by atoms with E-state index < -0.39 is 23.9 Å². The average Bonchev–Trinajstić information content (AvgIpc) is 1.97. The third-order valence-corrected chi connectivity index (χ3v) is 0. The molecule has 0 aromatic rings. The normalized spacial score (nSPS) is 5.62. The highest BCUT2D eigenvalue weighted by atomic mass is 16.4. The summed E-state index contributed by atoms with van der Waals surface area (Å²) in [6.45, 7) is 6.99. The highest BCUT2D eigenvalue weighted by Crippen LogP contribution is 1.43. The average molecular weight is 319 g/mol. The Kier molecular flexibility index (Phi) is 87.8. The summed E-state index contributed by atoms with van der Waals surface area (Å²) < 4.78 is 0. The van der Waals surface area contributed by atoms with Crippen molar-refractivity contribution in [3.8, 4) is 0 Å². The van der Waals surface area contributed by atoms with Gasteiger partial charge in [0.25, 0.3) is 23.9 Å². The Morgan fingerprint density at radius 1 is 0.667 bits per heavy atom. The molecule has 0 heterocycles. The van der Waals surface area contributed by atoms with Crippen molar-refractivity contribution in [1.82, 2.24) is 12.3 Å². The quantitative estimate of drug-likeness (QED) is 0.326. The van der Waals surface area contributed by atoms with Gasteiger partial charge < -0.3 is 38.5 Å². The first-order valence-electron chi connectivity index (χ1n) is 4.83. The second kappa shape index (κ2) is 43.1. The number of carbonyl (C=O) groups is 4. The van der Waals surface area contributed by atoms with E-state index >= 15 is 0 Å². The van der Waals surface area contributed by atoms with Crippen LogP contribution in [0.5, 0.6) is 0 Å². The Balaban J connectivity index is -0.0000000229. The first kappa shape index (κ1) is 42.8. The summed E-state index contributed by atoms with van der Waals surface area (Å²) in [5.41, 5.74) is 4.85. The van der Waals surface area contributed by atoms with Gasteiger partial charge in [0.15, 0.2) is 0 Å². The molecular formula is C10H29N3O8. The molecule has 11 nitrogen and oxygen atoms in total. The molecule has 0 rings (SSSR count). The molecule has 132 valence electrons. The van der Waals surface area contributed by atoms with E-state index in [4.69, 9.17) is 45.3 Å². The minimum absolute atomic E-state index is 0. The number of carboxylic acid groups (broad SMARTS) is 4. The maximum Gasteiger partial charge on any atom is 0.300 e. The molecule has 0 aliphatic carbocycles. The van der Waals surface area contributed by atoms with Crippen molar-refractivity contribution in [1.29, 1.82) is 0 Å². The molecule has 0 saturated carbocycles. The molecule has 0 unspecified atom stereocenters. The zero-order chi connectivity index (χ0) is 17.0. The SMILES string of the molecule is CC(=O)O.CC(=O)O.CC(=O)O.CC(=O)O.CCN.N.N. The van der Waals surface area contributed by atoms with Gasteiger partial charge >= 0.3 is 0 Å². The fraction of sp³-hybridized carbons (Fsp3) is 0.600. The Bertz CT molecular complexity index is 182. The molecular weight excluding hydrogens is 290 g/mol. The maximum atomic E-state index is 9.00. The van der Waals surface area contributed by atoms with Gasteiger partial charge in [-0.2, -0.15) is 0 Å². The van der Waals surface area contributed by atoms with E-state index in [2.05, 4.69) is 0 Å². The molecule has 0 spiro atoms. The monoisotopic (exact) mass is 319 g/mol. The number of hydrogen-bond acceptors (Lipinski definition) is 7. The van der Waals surface area contributed by atoms with Crippen LogP contribution in [-0.2, 0) is 19.2 Å². The molecule has 0 aromatic heterocycles. The predicted molar refractivity (Wildman–Crippen MR) is 78.0 cm³/mol. The van der Waals surface area contributed by atoms with E-state index in [1.807, 2.05) is 6.92 Å². The number of nitrogens with two attached hydrogens (primary N) is 1. The maximum absolute atomic E-state index is 9.00. The second-order valence-corrected chi connectivity index (χ2v) is 2.48. The second-order valence-electron chi connectivity index (χ2n) is 2.48. The minimum Gasteiger partial charge on any atom is -0.481 e. The van der Waals surface area contributed by atoms with Gasteiger partial charge in [0.05, 0.1) is 0 Å². The van der Waals surface area contributed by atoms with E-state index in [0.717, 1.165) is 34.2 Å². The third-order valence-electron chi connectivity index (χ3n) is 0. The predicted octanol–water partition coefficient (Wildman–Crippen LogP) is 0.653. The highest BCUT2D eigenvalue weighted by molar-refractivity contribution is 5.63. The Morgan fingerprint density at radius 2 is 0.667 bits per heavy atom. The van der Waals surface area contributed by atoms with E-state index in [9.17, 15) is 0 Å². The fourth-order valence-electron chi connectivity index (χ4n) is 0. The number of hydrogen-bond donors (Lipinski definition) is 7. The van der Waals surface area contributed by atoms with Crippen molar-refractivity contribution in [3.05, 3.63) is 0 Å². The van der Waals surface area contributed by atoms with Gasteiger partial charge in [-0.25, -0.2) is 0 Å². The van der Waals surface area contributed by atoms with Gasteiger partial charge in [0.1, 0.15) is 0 Å². The van der Waals surface area contributed by atoms with Crippen molar-refractivity contribution in [2.75, 3.05) is 6.54 Å². The molecule has 11 heteroatoms. The summed E-state index contributed by atoms with van der Waals surface area (Å²) in [4.78, 5) is 36.0. The molecule has 0 bridgehead atoms. The smallest absolute Gasteiger partial charge is 0.300 e. The molecule has 0 saturated heterocycles. The van der Waals surface area contributed by atoms with Crippen LogP contribution in [0.3, 0.4) is 0 Å². The van der Waals surface area contributed by atoms with E-state index in [1.54, 1.807) is 0 Å². The Morgan fingerprint density at radius 3 is 0.667 bits per heavy atom. The molecule has 0 aromatic carbocycles. The fourth-order valence-corrected chi connectivity index (χ4v) is 0. The van der Waals surface area contributed by atoms with Crippen molar-refractivity contribution in [2.24, 2.45) is 5.73 Å². The molecule has 0 aliphatic rings. The van der Waals surface area contributed by atoms with Gasteiger partial charge in [0, 0.05) is 27.7 Å². The number of carboxylic acids is 4. The van der Waals surface area contributed by atoms with Crippen LogP contribution in [0.15, 0.2) is 0 Å². The summed E-state index contributed by atoms with van der Waals surface area (Å²) in [6, 6.07) is 0. The number of rotatable bonds is 0. The van der Waals surface area contributed by atoms with Crippen LogP contribution in [0.2, 0.25) is 0 Å². The first-order valence-corrected chi connectivity index (χ1v) is 4.83. The molecule has 12 N–H and O–H groups in total. The highest BCUT2D eigenvalue weighted by Gasteiger charge is 1.66. The largest absolute Gasteiger partial charge is 0.481 e. The lowest BCUT2D eigenvalue weighted by molar-refractivity contribution is -0.135. The zero-order valence-corrected chi connectivity index (χ0v) is 13.1. The zero-order valence-electron chi connectivity index (χ0n) is 13.1. The van der Waals surface area contributed by atoms with Gasteiger partial charge in [-0.1, -0.05) is 6.92 Å². The van der Waals surface area contributed by atoms with E-state index in [-0.39, 0.29) is 12.3 Å². The van der Waals surface area contributed by atoms with Crippen LogP contribution in [0.1, 0.15) is 34.6 Å². The van der Waals surface area contributed by atoms with Gasteiger partial charge in [-0.05, 0) is 6.54 Å². The van der Waals surface area contributed by atoms with Crippen LogP contribution in [0.4, 0.5) is 0 Å². The van der Waals surface area contributed by atoms with E-state index in [1.165, 1.54) is 0 Å². The van der Waals surface area contributed by atoms with Crippen LogP contribution in [-0.4, -0.2) is 50.8 Å². The summed E-state index contributed by atoms with van der Waals surface area (Å²) in [6.07, 6.45) is 0. The minimum atomic E-state index is -0.833. The Hall–Kier alpha value is -2.24. The van der Waals surface area contributed by atoms with Crippen LogP contribution in [0, 0.1) is 0 Å². The van der Waals surface area contributed by atoms with Crippen LogP contribution >= 0.6 is 0 Å².